The molecule has 0 heterocycles. The van der Waals surface area contributed by atoms with Crippen molar-refractivity contribution >= 4 is 5.97 Å². The molecule has 0 aliphatic carbocycles. The number of carbonyl (C=O) groups is 1. The second-order valence-corrected chi connectivity index (χ2v) is 6.46. The Morgan fingerprint density at radius 3 is 1.80 bits per heavy atom. The van der Waals surface area contributed by atoms with E-state index in [1.165, 1.54) is 32.1 Å². The first-order valence-corrected chi connectivity index (χ1v) is 9.86. The van der Waals surface area contributed by atoms with E-state index in [0.29, 0.717) is 13.2 Å². The summed E-state index contributed by atoms with van der Waals surface area (Å²) in [6.45, 7) is 8.67. The fraction of sp³-hybridized carbons (Fsp3) is 0.762. The van der Waals surface area contributed by atoms with Crippen LogP contribution in [0.15, 0.2) is 25.3 Å². The molecular formula is C21H38O4. The van der Waals surface area contributed by atoms with Gasteiger partial charge in [0.15, 0.2) is 6.10 Å². The van der Waals surface area contributed by atoms with Crippen molar-refractivity contribution in [2.75, 3.05) is 19.8 Å². The number of rotatable bonds is 20. The van der Waals surface area contributed by atoms with Crippen molar-refractivity contribution in [1.82, 2.24) is 0 Å². The lowest BCUT2D eigenvalue weighted by atomic mass is 10.1. The molecule has 0 aromatic rings. The van der Waals surface area contributed by atoms with Crippen molar-refractivity contribution in [3.63, 3.8) is 0 Å². The van der Waals surface area contributed by atoms with Gasteiger partial charge in [-0.3, -0.25) is 0 Å². The lowest BCUT2D eigenvalue weighted by molar-refractivity contribution is -0.154. The van der Waals surface area contributed by atoms with Crippen LogP contribution in [0.4, 0.5) is 0 Å². The lowest BCUT2D eigenvalue weighted by Crippen LogP contribution is -2.29. The van der Waals surface area contributed by atoms with E-state index in [2.05, 4.69) is 13.2 Å². The molecule has 0 amide bonds. The Labute approximate surface area is 154 Å². The number of hydrogen-bond acceptors (Lipinski definition) is 3. The summed E-state index contributed by atoms with van der Waals surface area (Å²) in [6.07, 6.45) is 16.5. The molecule has 0 spiro atoms. The fourth-order valence-electron chi connectivity index (χ4n) is 2.55. The summed E-state index contributed by atoms with van der Waals surface area (Å²) in [5.74, 6) is -0.935. The SMILES string of the molecule is C=CCCCCCCCOCC(OCCCCCCCC=C)C(=O)O. The molecule has 4 nitrogen and oxygen atoms in total. The van der Waals surface area contributed by atoms with Crippen LogP contribution in [0.25, 0.3) is 0 Å². The van der Waals surface area contributed by atoms with Crippen molar-refractivity contribution in [2.24, 2.45) is 0 Å². The Kier molecular flexibility index (Phi) is 18.3. The second-order valence-electron chi connectivity index (χ2n) is 6.46. The van der Waals surface area contributed by atoms with Crippen LogP contribution < -0.4 is 0 Å². The number of ether oxygens (including phenoxy) is 2. The smallest absolute Gasteiger partial charge is 0.335 e. The highest BCUT2D eigenvalue weighted by Gasteiger charge is 2.17. The lowest BCUT2D eigenvalue weighted by Gasteiger charge is -2.14. The molecule has 0 aromatic heterocycles. The minimum atomic E-state index is -0.935. The molecule has 0 rings (SSSR count). The van der Waals surface area contributed by atoms with Crippen LogP contribution in [0.5, 0.6) is 0 Å². The van der Waals surface area contributed by atoms with Crippen LogP contribution >= 0.6 is 0 Å². The summed E-state index contributed by atoms with van der Waals surface area (Å²) in [6, 6.07) is 0. The predicted molar refractivity (Wildman–Crippen MR) is 104 cm³/mol. The van der Waals surface area contributed by atoms with Crippen molar-refractivity contribution < 1.29 is 19.4 Å². The molecule has 1 atom stereocenters. The van der Waals surface area contributed by atoms with Crippen LogP contribution in [0.3, 0.4) is 0 Å². The standard InChI is InChI=1S/C21H38O4/c1-3-5-7-9-11-13-15-17-24-19-20(21(22)23)25-18-16-14-12-10-8-6-4-2/h3-4,20H,1-2,5-19H2,(H,22,23). The van der Waals surface area contributed by atoms with Gasteiger partial charge in [-0.2, -0.15) is 0 Å². The summed E-state index contributed by atoms with van der Waals surface area (Å²) >= 11 is 0. The molecule has 0 aliphatic heterocycles. The second kappa shape index (κ2) is 19.2. The minimum absolute atomic E-state index is 0.144. The van der Waals surface area contributed by atoms with E-state index in [0.717, 1.165) is 44.9 Å². The maximum absolute atomic E-state index is 11.2. The molecule has 0 aliphatic rings. The van der Waals surface area contributed by atoms with Gasteiger partial charge in [0, 0.05) is 13.2 Å². The van der Waals surface area contributed by atoms with Crippen LogP contribution in [-0.2, 0) is 14.3 Å². The zero-order chi connectivity index (χ0) is 18.6. The van der Waals surface area contributed by atoms with Crippen molar-refractivity contribution in [2.45, 2.75) is 83.2 Å². The highest BCUT2D eigenvalue weighted by Crippen LogP contribution is 2.08. The Hall–Kier alpha value is -1.13. The summed E-state index contributed by atoms with van der Waals surface area (Å²) in [5, 5.41) is 9.17. The largest absolute Gasteiger partial charge is 0.479 e. The van der Waals surface area contributed by atoms with E-state index >= 15 is 0 Å². The van der Waals surface area contributed by atoms with Gasteiger partial charge in [-0.05, 0) is 38.5 Å². The average Bonchev–Trinajstić information content (AvgIpc) is 2.60. The van der Waals surface area contributed by atoms with Crippen molar-refractivity contribution in [1.29, 1.82) is 0 Å². The quantitative estimate of drug-likeness (QED) is 0.231. The molecule has 4 heteroatoms. The number of allylic oxidation sites excluding steroid dienone is 2. The molecule has 0 aromatic carbocycles. The topological polar surface area (TPSA) is 55.8 Å². The molecule has 0 radical (unpaired) electrons. The first-order chi connectivity index (χ1) is 12.2. The van der Waals surface area contributed by atoms with Gasteiger partial charge in [0.1, 0.15) is 0 Å². The monoisotopic (exact) mass is 354 g/mol. The van der Waals surface area contributed by atoms with Gasteiger partial charge in [0.25, 0.3) is 0 Å². The normalized spacial score (nSPS) is 12.0. The molecule has 25 heavy (non-hydrogen) atoms. The Bertz CT molecular complexity index is 328. The average molecular weight is 355 g/mol. The zero-order valence-corrected chi connectivity index (χ0v) is 15.9. The van der Waals surface area contributed by atoms with Gasteiger partial charge in [-0.1, -0.05) is 50.7 Å². The van der Waals surface area contributed by atoms with E-state index in [1.54, 1.807) is 0 Å². The van der Waals surface area contributed by atoms with E-state index in [4.69, 9.17) is 9.47 Å². The number of carboxylic acid groups (broad SMARTS) is 1. The number of carboxylic acids is 1. The first-order valence-electron chi connectivity index (χ1n) is 9.86. The fourth-order valence-corrected chi connectivity index (χ4v) is 2.55. The highest BCUT2D eigenvalue weighted by molar-refractivity contribution is 5.72. The maximum atomic E-state index is 11.2. The Morgan fingerprint density at radius 2 is 1.28 bits per heavy atom. The van der Waals surface area contributed by atoms with Crippen LogP contribution in [0, 0.1) is 0 Å². The number of hydrogen-bond donors (Lipinski definition) is 1. The van der Waals surface area contributed by atoms with Crippen LogP contribution in [0.1, 0.15) is 77.0 Å². The van der Waals surface area contributed by atoms with E-state index < -0.39 is 12.1 Å². The van der Waals surface area contributed by atoms with Crippen LogP contribution in [-0.4, -0.2) is 37.0 Å². The summed E-state index contributed by atoms with van der Waals surface area (Å²) in [4.78, 5) is 11.2. The Morgan fingerprint density at radius 1 is 0.800 bits per heavy atom. The van der Waals surface area contributed by atoms with Crippen LogP contribution in [0.2, 0.25) is 0 Å². The third-order valence-electron chi connectivity index (χ3n) is 4.11. The van der Waals surface area contributed by atoms with Gasteiger partial charge in [-0.15, -0.1) is 13.2 Å². The van der Waals surface area contributed by atoms with Gasteiger partial charge < -0.3 is 14.6 Å². The maximum Gasteiger partial charge on any atom is 0.335 e. The molecular weight excluding hydrogens is 316 g/mol. The predicted octanol–water partition coefficient (Wildman–Crippen LogP) is 5.53. The summed E-state index contributed by atoms with van der Waals surface area (Å²) < 4.78 is 10.9. The van der Waals surface area contributed by atoms with E-state index in [-0.39, 0.29) is 6.61 Å². The number of aliphatic carboxylic acids is 1. The van der Waals surface area contributed by atoms with Gasteiger partial charge >= 0.3 is 5.97 Å². The molecule has 1 N–H and O–H groups in total. The molecule has 1 unspecified atom stereocenters. The first kappa shape index (κ1) is 23.9. The van der Waals surface area contributed by atoms with Gasteiger partial charge in [0.05, 0.1) is 6.61 Å². The van der Waals surface area contributed by atoms with Crippen molar-refractivity contribution in [3.8, 4) is 0 Å². The van der Waals surface area contributed by atoms with Gasteiger partial charge in [0.2, 0.25) is 0 Å². The zero-order valence-electron chi connectivity index (χ0n) is 15.9. The number of unbranched alkanes of at least 4 members (excludes halogenated alkanes) is 10. The molecule has 0 fully saturated rings. The summed E-state index contributed by atoms with van der Waals surface area (Å²) in [7, 11) is 0. The van der Waals surface area contributed by atoms with Crippen molar-refractivity contribution in [3.05, 3.63) is 25.3 Å². The molecule has 0 saturated carbocycles. The van der Waals surface area contributed by atoms with E-state index in [1.807, 2.05) is 12.2 Å². The van der Waals surface area contributed by atoms with E-state index in [9.17, 15) is 9.90 Å². The molecule has 0 bridgehead atoms. The third kappa shape index (κ3) is 17.5. The summed E-state index contributed by atoms with van der Waals surface area (Å²) in [5.41, 5.74) is 0. The van der Waals surface area contributed by atoms with Gasteiger partial charge in [-0.25, -0.2) is 4.79 Å². The minimum Gasteiger partial charge on any atom is -0.479 e. The highest BCUT2D eigenvalue weighted by atomic mass is 16.5. The molecule has 146 valence electrons. The molecule has 0 saturated heterocycles. The third-order valence-corrected chi connectivity index (χ3v) is 4.11. The Balaban J connectivity index is 3.50.